The third-order valence-corrected chi connectivity index (χ3v) is 3.56. The molecule has 1 aliphatic rings. The molecule has 0 aliphatic carbocycles. The Morgan fingerprint density at radius 1 is 1.19 bits per heavy atom. The third kappa shape index (κ3) is 5.83. The van der Waals surface area contributed by atoms with Crippen molar-refractivity contribution in [3.63, 3.8) is 0 Å². The molecule has 0 aromatic rings. The summed E-state index contributed by atoms with van der Waals surface area (Å²) in [6.07, 6.45) is 6.06. The van der Waals surface area contributed by atoms with Gasteiger partial charge in [-0.1, -0.05) is 26.2 Å². The zero-order chi connectivity index (χ0) is 11.6. The van der Waals surface area contributed by atoms with Gasteiger partial charge >= 0.3 is 0 Å². The average Bonchev–Trinajstić information content (AvgIpc) is 2.34. The quantitative estimate of drug-likeness (QED) is 0.645. The highest BCUT2D eigenvalue weighted by atomic mass is 16.5. The van der Waals surface area contributed by atoms with Crippen LogP contribution in [-0.4, -0.2) is 49.5 Å². The van der Waals surface area contributed by atoms with Gasteiger partial charge in [-0.3, -0.25) is 4.90 Å². The van der Waals surface area contributed by atoms with Crippen molar-refractivity contribution in [2.75, 3.05) is 39.5 Å². The molecular formula is C13H27NO2. The lowest BCUT2D eigenvalue weighted by Crippen LogP contribution is -2.36. The van der Waals surface area contributed by atoms with Gasteiger partial charge in [0.15, 0.2) is 0 Å². The van der Waals surface area contributed by atoms with Crippen molar-refractivity contribution >= 4 is 0 Å². The minimum atomic E-state index is 0.349. The number of ether oxygens (including phenoxy) is 1. The lowest BCUT2D eigenvalue weighted by molar-refractivity contribution is 0.0369. The van der Waals surface area contributed by atoms with Gasteiger partial charge in [0.25, 0.3) is 0 Å². The second kappa shape index (κ2) is 8.97. The van der Waals surface area contributed by atoms with E-state index in [0.717, 1.165) is 38.6 Å². The van der Waals surface area contributed by atoms with E-state index in [1.54, 1.807) is 0 Å². The van der Waals surface area contributed by atoms with Gasteiger partial charge < -0.3 is 9.84 Å². The van der Waals surface area contributed by atoms with E-state index in [-0.39, 0.29) is 0 Å². The molecule has 0 bridgehead atoms. The van der Waals surface area contributed by atoms with Gasteiger partial charge in [0.1, 0.15) is 0 Å². The number of aliphatic hydroxyl groups excluding tert-OH is 1. The van der Waals surface area contributed by atoms with Crippen molar-refractivity contribution in [3.8, 4) is 0 Å². The molecule has 0 aromatic carbocycles. The summed E-state index contributed by atoms with van der Waals surface area (Å²) in [4.78, 5) is 2.50. The first-order valence-electron chi connectivity index (χ1n) is 6.77. The monoisotopic (exact) mass is 229 g/mol. The van der Waals surface area contributed by atoms with Gasteiger partial charge in [-0.15, -0.1) is 0 Å². The molecule has 96 valence electrons. The predicted octanol–water partition coefficient (Wildman–Crippen LogP) is 1.90. The molecule has 0 unspecified atom stereocenters. The molecule has 0 saturated carbocycles. The van der Waals surface area contributed by atoms with Crippen LogP contribution in [0.5, 0.6) is 0 Å². The molecule has 1 fully saturated rings. The molecule has 1 saturated heterocycles. The first-order chi connectivity index (χ1) is 7.86. The van der Waals surface area contributed by atoms with E-state index in [2.05, 4.69) is 11.8 Å². The molecule has 0 amide bonds. The number of rotatable bonds is 8. The molecule has 1 atom stereocenters. The molecule has 1 aliphatic heterocycles. The third-order valence-electron chi connectivity index (χ3n) is 3.56. The van der Waals surface area contributed by atoms with Crippen LogP contribution >= 0.6 is 0 Å². The number of aliphatic hydroxyl groups is 1. The summed E-state index contributed by atoms with van der Waals surface area (Å²) in [6.45, 7) is 7.81. The van der Waals surface area contributed by atoms with Crippen molar-refractivity contribution in [2.24, 2.45) is 5.92 Å². The molecule has 16 heavy (non-hydrogen) atoms. The van der Waals surface area contributed by atoms with Crippen molar-refractivity contribution in [1.29, 1.82) is 0 Å². The fourth-order valence-electron chi connectivity index (χ4n) is 2.33. The van der Waals surface area contributed by atoms with Gasteiger partial charge in [-0.25, -0.2) is 0 Å². The van der Waals surface area contributed by atoms with E-state index in [0.29, 0.717) is 6.61 Å². The maximum atomic E-state index is 8.91. The number of morpholine rings is 1. The maximum Gasteiger partial charge on any atom is 0.0594 e. The van der Waals surface area contributed by atoms with Crippen molar-refractivity contribution in [1.82, 2.24) is 4.90 Å². The summed E-state index contributed by atoms with van der Waals surface area (Å²) < 4.78 is 5.32. The van der Waals surface area contributed by atoms with Gasteiger partial charge in [0.2, 0.25) is 0 Å². The summed E-state index contributed by atoms with van der Waals surface area (Å²) in [5.74, 6) is 0.731. The van der Waals surface area contributed by atoms with Crippen molar-refractivity contribution in [2.45, 2.75) is 39.0 Å². The zero-order valence-corrected chi connectivity index (χ0v) is 10.7. The Kier molecular flexibility index (Phi) is 7.81. The van der Waals surface area contributed by atoms with Gasteiger partial charge in [0, 0.05) is 19.7 Å². The topological polar surface area (TPSA) is 32.7 Å². The predicted molar refractivity (Wildman–Crippen MR) is 66.6 cm³/mol. The van der Waals surface area contributed by atoms with Crippen LogP contribution in [0.4, 0.5) is 0 Å². The van der Waals surface area contributed by atoms with E-state index < -0.39 is 0 Å². The van der Waals surface area contributed by atoms with Crippen LogP contribution in [0, 0.1) is 5.92 Å². The first-order valence-corrected chi connectivity index (χ1v) is 6.77. The second-order valence-corrected chi connectivity index (χ2v) is 4.74. The molecular weight excluding hydrogens is 202 g/mol. The Morgan fingerprint density at radius 2 is 1.94 bits per heavy atom. The Bertz CT molecular complexity index is 151. The maximum absolute atomic E-state index is 8.91. The van der Waals surface area contributed by atoms with Crippen LogP contribution in [0.2, 0.25) is 0 Å². The lowest BCUT2D eigenvalue weighted by atomic mass is 9.96. The van der Waals surface area contributed by atoms with Crippen LogP contribution in [0.3, 0.4) is 0 Å². The van der Waals surface area contributed by atoms with Crippen molar-refractivity contribution < 1.29 is 9.84 Å². The molecule has 1 N–H and O–H groups in total. The van der Waals surface area contributed by atoms with E-state index in [4.69, 9.17) is 9.84 Å². The molecule has 1 heterocycles. The first kappa shape index (κ1) is 13.9. The smallest absolute Gasteiger partial charge is 0.0594 e. The van der Waals surface area contributed by atoms with Gasteiger partial charge in [0.05, 0.1) is 13.2 Å². The van der Waals surface area contributed by atoms with Crippen LogP contribution in [0.15, 0.2) is 0 Å². The Morgan fingerprint density at radius 3 is 2.56 bits per heavy atom. The van der Waals surface area contributed by atoms with E-state index in [1.807, 2.05) is 0 Å². The molecule has 1 rings (SSSR count). The minimum Gasteiger partial charge on any atom is -0.396 e. The zero-order valence-electron chi connectivity index (χ0n) is 10.7. The normalized spacial score (nSPS) is 19.9. The summed E-state index contributed by atoms with van der Waals surface area (Å²) in [5.41, 5.74) is 0. The van der Waals surface area contributed by atoms with E-state index in [9.17, 15) is 0 Å². The van der Waals surface area contributed by atoms with Crippen LogP contribution in [0.1, 0.15) is 39.0 Å². The number of hydrogen-bond donors (Lipinski definition) is 1. The average molecular weight is 229 g/mol. The highest BCUT2D eigenvalue weighted by Crippen LogP contribution is 2.16. The van der Waals surface area contributed by atoms with E-state index in [1.165, 1.54) is 32.2 Å². The molecule has 3 nitrogen and oxygen atoms in total. The van der Waals surface area contributed by atoms with Crippen LogP contribution < -0.4 is 0 Å². The Labute approximate surface area is 99.8 Å². The Hall–Kier alpha value is -0.120. The molecule has 3 heteroatoms. The van der Waals surface area contributed by atoms with Crippen LogP contribution in [0.25, 0.3) is 0 Å². The lowest BCUT2D eigenvalue weighted by Gasteiger charge is -2.26. The summed E-state index contributed by atoms with van der Waals surface area (Å²) in [6, 6.07) is 0. The van der Waals surface area contributed by atoms with Crippen LogP contribution in [-0.2, 0) is 4.74 Å². The molecule has 0 aromatic heterocycles. The highest BCUT2D eigenvalue weighted by molar-refractivity contribution is 4.63. The fraction of sp³-hybridized carbons (Fsp3) is 1.00. The summed E-state index contributed by atoms with van der Waals surface area (Å²) in [5, 5.41) is 8.91. The molecule has 0 spiro atoms. The number of hydrogen-bond acceptors (Lipinski definition) is 3. The summed E-state index contributed by atoms with van der Waals surface area (Å²) in [7, 11) is 0. The fourth-order valence-corrected chi connectivity index (χ4v) is 2.33. The Balaban J connectivity index is 1.97. The standard InChI is InChI=1S/C13H27NO2/c1-2-13(6-10-15)5-3-4-7-14-8-11-16-12-9-14/h13,15H,2-12H2,1H3/t13-/m0/s1. The largest absolute Gasteiger partial charge is 0.396 e. The highest BCUT2D eigenvalue weighted by Gasteiger charge is 2.10. The van der Waals surface area contributed by atoms with E-state index >= 15 is 0 Å². The second-order valence-electron chi connectivity index (χ2n) is 4.74. The van der Waals surface area contributed by atoms with Gasteiger partial charge in [-0.2, -0.15) is 0 Å². The summed E-state index contributed by atoms with van der Waals surface area (Å²) >= 11 is 0. The SMILES string of the molecule is CC[C@H](CCO)CCCCN1CCOCC1. The minimum absolute atomic E-state index is 0.349. The number of unbranched alkanes of at least 4 members (excludes halogenated alkanes) is 1. The number of nitrogens with zero attached hydrogens (tertiary/aromatic N) is 1. The van der Waals surface area contributed by atoms with Gasteiger partial charge in [-0.05, 0) is 25.3 Å². The van der Waals surface area contributed by atoms with Crippen molar-refractivity contribution in [3.05, 3.63) is 0 Å². The molecule has 0 radical (unpaired) electrons.